The van der Waals surface area contributed by atoms with Gasteiger partial charge < -0.3 is 14.4 Å². The van der Waals surface area contributed by atoms with Crippen molar-refractivity contribution < 1.29 is 27.4 Å². The Morgan fingerprint density at radius 3 is 2.33 bits per heavy atom. The number of fused-ring (bicyclic) bond motifs is 1. The highest BCUT2D eigenvalue weighted by atomic mass is 19.4. The molecule has 4 aromatic rings. The third-order valence-corrected chi connectivity index (χ3v) is 7.42. The number of allylic oxidation sites excluding steroid dienone is 2. The van der Waals surface area contributed by atoms with Gasteiger partial charge in [-0.05, 0) is 65.9 Å². The number of para-hydroxylation sites is 2. The molecule has 1 aliphatic rings. The Bertz CT molecular complexity index is 1550. The Labute approximate surface area is 241 Å². The Morgan fingerprint density at radius 2 is 1.64 bits per heavy atom. The van der Waals surface area contributed by atoms with Crippen LogP contribution in [0.15, 0.2) is 90.8 Å². The summed E-state index contributed by atoms with van der Waals surface area (Å²) in [6, 6.07) is 18.4. The molecule has 0 atom stereocenters. The minimum atomic E-state index is -4.47. The Hall–Kier alpha value is -4.15. The van der Waals surface area contributed by atoms with Crippen LogP contribution < -0.4 is 5.32 Å². The summed E-state index contributed by atoms with van der Waals surface area (Å²) in [6.07, 6.45) is -3.74. The van der Waals surface area contributed by atoms with E-state index in [1.54, 1.807) is 12.1 Å². The van der Waals surface area contributed by atoms with E-state index in [2.05, 4.69) is 16.8 Å². The molecule has 1 saturated heterocycles. The molecule has 0 bridgehead atoms. The zero-order chi connectivity index (χ0) is 29.7. The molecule has 0 unspecified atom stereocenters. The van der Waals surface area contributed by atoms with Crippen LogP contribution in [0.2, 0.25) is 0 Å². The average Bonchev–Trinajstić information content (AvgIpc) is 3.33. The number of alkyl halides is 3. The highest BCUT2D eigenvalue weighted by molar-refractivity contribution is 5.81. The first-order valence-electron chi connectivity index (χ1n) is 13.7. The molecule has 1 fully saturated rings. The number of nitrogens with zero attached hydrogens (tertiary/aromatic N) is 3. The molecule has 0 spiro atoms. The van der Waals surface area contributed by atoms with E-state index in [1.807, 2.05) is 28.8 Å². The molecule has 6 nitrogen and oxygen atoms in total. The molecule has 1 aromatic heterocycles. The largest absolute Gasteiger partial charge is 0.494 e. The number of aryl methyl sites for hydroxylation is 1. The van der Waals surface area contributed by atoms with E-state index in [9.17, 15) is 22.7 Å². The number of hydrogen-bond acceptors (Lipinski definition) is 5. The number of imidazole rings is 1. The number of ether oxygens (including phenoxy) is 1. The fraction of sp³-hybridized carbons (Fsp3) is 0.281. The van der Waals surface area contributed by atoms with Crippen molar-refractivity contribution in [3.63, 3.8) is 0 Å². The summed E-state index contributed by atoms with van der Waals surface area (Å²) in [5.41, 5.74) is 2.93. The summed E-state index contributed by atoms with van der Waals surface area (Å²) in [5.74, 6) is -0.129. The normalized spacial score (nSPS) is 15.0. The van der Waals surface area contributed by atoms with Crippen molar-refractivity contribution in [1.29, 1.82) is 0 Å². The number of morpholine rings is 1. The summed E-state index contributed by atoms with van der Waals surface area (Å²) in [6.45, 7) is 8.53. The number of anilines is 1. The molecule has 0 amide bonds. The van der Waals surface area contributed by atoms with E-state index in [0.717, 1.165) is 48.4 Å². The SMILES string of the molecule is C=C(/C(CCc1ccc(F)cc1)=C(/O)Nc1nc2ccccc2n1CCN1CCOCC1)c1ccc(C(F)(F)F)cc1. The summed E-state index contributed by atoms with van der Waals surface area (Å²) < 4.78 is 60.4. The maximum absolute atomic E-state index is 13.5. The Morgan fingerprint density at radius 1 is 0.952 bits per heavy atom. The van der Waals surface area contributed by atoms with E-state index < -0.39 is 11.7 Å². The summed E-state index contributed by atoms with van der Waals surface area (Å²) in [5, 5.41) is 14.5. The van der Waals surface area contributed by atoms with Gasteiger partial charge >= 0.3 is 6.18 Å². The van der Waals surface area contributed by atoms with Crippen LogP contribution in [0.3, 0.4) is 0 Å². The van der Waals surface area contributed by atoms with Crippen LogP contribution >= 0.6 is 0 Å². The molecule has 10 heteroatoms. The van der Waals surface area contributed by atoms with Gasteiger partial charge in [-0.2, -0.15) is 13.2 Å². The van der Waals surface area contributed by atoms with Crippen LogP contribution in [0.25, 0.3) is 16.6 Å². The van der Waals surface area contributed by atoms with Crippen molar-refractivity contribution in [2.45, 2.75) is 25.6 Å². The van der Waals surface area contributed by atoms with Crippen molar-refractivity contribution in [3.8, 4) is 0 Å². The summed E-state index contributed by atoms with van der Waals surface area (Å²) in [7, 11) is 0. The third-order valence-electron chi connectivity index (χ3n) is 7.42. The number of nitrogens with one attached hydrogen (secondary N) is 1. The van der Waals surface area contributed by atoms with Crippen molar-refractivity contribution in [2.75, 3.05) is 38.2 Å². The number of rotatable bonds is 10. The molecule has 220 valence electrons. The van der Waals surface area contributed by atoms with E-state index >= 15 is 0 Å². The van der Waals surface area contributed by atoms with Crippen LogP contribution in [0.1, 0.15) is 23.1 Å². The van der Waals surface area contributed by atoms with Gasteiger partial charge in [-0.15, -0.1) is 0 Å². The highest BCUT2D eigenvalue weighted by Gasteiger charge is 2.30. The number of benzene rings is 3. The molecule has 2 N–H and O–H groups in total. The topological polar surface area (TPSA) is 62.5 Å². The first-order chi connectivity index (χ1) is 20.2. The number of aliphatic hydroxyl groups is 1. The van der Waals surface area contributed by atoms with Crippen molar-refractivity contribution in [2.24, 2.45) is 0 Å². The van der Waals surface area contributed by atoms with Gasteiger partial charge in [0.25, 0.3) is 0 Å². The fourth-order valence-corrected chi connectivity index (χ4v) is 5.01. The molecular formula is C32H32F4N4O2. The molecular weight excluding hydrogens is 548 g/mol. The van der Waals surface area contributed by atoms with Crippen LogP contribution in [-0.2, 0) is 23.9 Å². The molecule has 42 heavy (non-hydrogen) atoms. The van der Waals surface area contributed by atoms with E-state index in [0.29, 0.717) is 55.3 Å². The van der Waals surface area contributed by atoms with Gasteiger partial charge in [0.05, 0.1) is 29.8 Å². The van der Waals surface area contributed by atoms with Gasteiger partial charge in [-0.25, -0.2) is 9.37 Å². The molecule has 1 aliphatic heterocycles. The standard InChI is InChI=1S/C32H32F4N4O2/c1-22(24-9-11-25(12-10-24)32(34,35)36)27(15-8-23-6-13-26(33)14-7-23)30(41)38-31-37-28-4-2-3-5-29(28)40(31)17-16-39-18-20-42-21-19-39/h2-7,9-14,41H,1,8,15-21H2,(H,37,38)/b30-27+. The zero-order valence-electron chi connectivity index (χ0n) is 23.0. The van der Waals surface area contributed by atoms with E-state index in [4.69, 9.17) is 9.72 Å². The second-order valence-electron chi connectivity index (χ2n) is 10.2. The first-order valence-corrected chi connectivity index (χ1v) is 13.7. The van der Waals surface area contributed by atoms with Crippen molar-refractivity contribution >= 4 is 22.6 Å². The number of aliphatic hydroxyl groups excluding tert-OH is 1. The lowest BCUT2D eigenvalue weighted by molar-refractivity contribution is -0.137. The lowest BCUT2D eigenvalue weighted by Crippen LogP contribution is -2.38. The Balaban J connectivity index is 1.46. The Kier molecular flexibility index (Phi) is 8.94. The summed E-state index contributed by atoms with van der Waals surface area (Å²) in [4.78, 5) is 7.02. The van der Waals surface area contributed by atoms with Gasteiger partial charge in [0, 0.05) is 31.8 Å². The van der Waals surface area contributed by atoms with Gasteiger partial charge in [0.1, 0.15) is 5.82 Å². The molecule has 0 aliphatic carbocycles. The molecule has 3 aromatic carbocycles. The van der Waals surface area contributed by atoms with Crippen molar-refractivity contribution in [3.05, 3.63) is 113 Å². The number of hydrogen-bond donors (Lipinski definition) is 2. The van der Waals surface area contributed by atoms with Crippen LogP contribution in [0, 0.1) is 5.82 Å². The average molecular weight is 581 g/mol. The van der Waals surface area contributed by atoms with Crippen LogP contribution in [0.4, 0.5) is 23.5 Å². The van der Waals surface area contributed by atoms with Crippen LogP contribution in [-0.4, -0.2) is 52.4 Å². The van der Waals surface area contributed by atoms with Gasteiger partial charge in [0.2, 0.25) is 5.95 Å². The second kappa shape index (κ2) is 12.8. The third kappa shape index (κ3) is 7.00. The molecule has 0 radical (unpaired) electrons. The highest BCUT2D eigenvalue weighted by Crippen LogP contribution is 2.33. The van der Waals surface area contributed by atoms with Crippen molar-refractivity contribution in [1.82, 2.24) is 14.5 Å². The first kappa shape index (κ1) is 29.3. The zero-order valence-corrected chi connectivity index (χ0v) is 23.0. The van der Waals surface area contributed by atoms with E-state index in [1.165, 1.54) is 24.3 Å². The quantitative estimate of drug-likeness (QED) is 0.120. The molecule has 2 heterocycles. The minimum absolute atomic E-state index is 0.204. The van der Waals surface area contributed by atoms with Gasteiger partial charge in [0.15, 0.2) is 5.88 Å². The predicted octanol–water partition coefficient (Wildman–Crippen LogP) is 7.05. The maximum Gasteiger partial charge on any atom is 0.416 e. The lowest BCUT2D eigenvalue weighted by atomic mass is 9.93. The molecule has 0 saturated carbocycles. The van der Waals surface area contributed by atoms with Gasteiger partial charge in [-0.3, -0.25) is 10.2 Å². The number of halogens is 4. The predicted molar refractivity (Wildman–Crippen MR) is 155 cm³/mol. The van der Waals surface area contributed by atoms with Crippen LogP contribution in [0.5, 0.6) is 0 Å². The van der Waals surface area contributed by atoms with Gasteiger partial charge in [-0.1, -0.05) is 43.0 Å². The monoisotopic (exact) mass is 580 g/mol. The number of aromatic nitrogens is 2. The molecule has 5 rings (SSSR count). The van der Waals surface area contributed by atoms with E-state index in [-0.39, 0.29) is 11.7 Å². The smallest absolute Gasteiger partial charge is 0.416 e. The second-order valence-corrected chi connectivity index (χ2v) is 10.2. The summed E-state index contributed by atoms with van der Waals surface area (Å²) >= 11 is 0. The lowest BCUT2D eigenvalue weighted by Gasteiger charge is -2.27. The minimum Gasteiger partial charge on any atom is -0.494 e. The maximum atomic E-state index is 13.5. The fourth-order valence-electron chi connectivity index (χ4n) is 5.01.